The third-order valence-electron chi connectivity index (χ3n) is 1.65. The van der Waals surface area contributed by atoms with E-state index in [4.69, 9.17) is 10.5 Å². The largest absolute Gasteiger partial charge is 0.469 e. The van der Waals surface area contributed by atoms with Crippen LogP contribution >= 0.6 is 11.8 Å². The topological polar surface area (TPSA) is 100 Å². The molecule has 1 heterocycles. The summed E-state index contributed by atoms with van der Waals surface area (Å²) in [5, 5.41) is 0.435. The number of thioether (sulfide) groups is 1. The van der Waals surface area contributed by atoms with Crippen LogP contribution in [-0.2, 0) is 9.53 Å². The molecule has 17 heavy (non-hydrogen) atoms. The second-order valence-electron chi connectivity index (χ2n) is 2.87. The van der Waals surface area contributed by atoms with Crippen LogP contribution in [0.2, 0.25) is 0 Å². The Labute approximate surface area is 103 Å². The Morgan fingerprint density at radius 3 is 2.82 bits per heavy atom. The second kappa shape index (κ2) is 6.89. The SMILES string of the molecule is CCOc1nc(N)nc(SCCC(=O)OC)n1. The van der Waals surface area contributed by atoms with Crippen LogP contribution in [0, 0.1) is 0 Å². The molecule has 0 spiro atoms. The predicted molar refractivity (Wildman–Crippen MR) is 62.8 cm³/mol. The van der Waals surface area contributed by atoms with Gasteiger partial charge >= 0.3 is 12.0 Å². The van der Waals surface area contributed by atoms with Crippen LogP contribution in [0.4, 0.5) is 5.95 Å². The van der Waals surface area contributed by atoms with Crippen molar-refractivity contribution in [3.63, 3.8) is 0 Å². The van der Waals surface area contributed by atoms with E-state index in [1.54, 1.807) is 0 Å². The van der Waals surface area contributed by atoms with Gasteiger partial charge in [-0.1, -0.05) is 11.8 Å². The van der Waals surface area contributed by atoms with Crippen LogP contribution in [0.25, 0.3) is 0 Å². The molecule has 0 atom stereocenters. The Hall–Kier alpha value is -1.57. The molecule has 0 saturated heterocycles. The Bertz CT molecular complexity index is 389. The lowest BCUT2D eigenvalue weighted by molar-refractivity contribution is -0.140. The van der Waals surface area contributed by atoms with Gasteiger partial charge in [0, 0.05) is 5.75 Å². The zero-order chi connectivity index (χ0) is 12.7. The number of carbonyl (C=O) groups excluding carboxylic acids is 1. The summed E-state index contributed by atoms with van der Waals surface area (Å²) in [6.07, 6.45) is 0.288. The zero-order valence-electron chi connectivity index (χ0n) is 9.67. The smallest absolute Gasteiger partial charge is 0.322 e. The van der Waals surface area contributed by atoms with Gasteiger partial charge in [-0.3, -0.25) is 4.79 Å². The highest BCUT2D eigenvalue weighted by Crippen LogP contribution is 2.17. The van der Waals surface area contributed by atoms with Crippen LogP contribution in [0.3, 0.4) is 0 Å². The van der Waals surface area contributed by atoms with E-state index in [1.165, 1.54) is 18.9 Å². The minimum atomic E-state index is -0.274. The number of methoxy groups -OCH3 is 1. The number of esters is 1. The summed E-state index contributed by atoms with van der Waals surface area (Å²) >= 11 is 1.30. The molecule has 0 aliphatic carbocycles. The van der Waals surface area contributed by atoms with E-state index in [0.29, 0.717) is 17.5 Å². The van der Waals surface area contributed by atoms with E-state index >= 15 is 0 Å². The van der Waals surface area contributed by atoms with Gasteiger partial charge in [0.1, 0.15) is 0 Å². The molecule has 0 saturated carbocycles. The van der Waals surface area contributed by atoms with Crippen molar-refractivity contribution in [1.82, 2.24) is 15.0 Å². The number of nitrogens with zero attached hydrogens (tertiary/aromatic N) is 3. The molecular weight excluding hydrogens is 244 g/mol. The first-order valence-corrected chi connectivity index (χ1v) is 5.98. The number of hydrogen-bond acceptors (Lipinski definition) is 8. The molecule has 0 amide bonds. The summed E-state index contributed by atoms with van der Waals surface area (Å²) in [7, 11) is 1.35. The highest BCUT2D eigenvalue weighted by atomic mass is 32.2. The zero-order valence-corrected chi connectivity index (χ0v) is 10.5. The van der Waals surface area contributed by atoms with Gasteiger partial charge in [-0.15, -0.1) is 0 Å². The Morgan fingerprint density at radius 2 is 2.18 bits per heavy atom. The third kappa shape index (κ3) is 4.85. The quantitative estimate of drug-likeness (QED) is 0.581. The molecule has 0 unspecified atom stereocenters. The Kier molecular flexibility index (Phi) is 5.47. The lowest BCUT2D eigenvalue weighted by atomic mass is 10.5. The maximum atomic E-state index is 10.9. The predicted octanol–water partition coefficient (Wildman–Crippen LogP) is 0.508. The summed E-state index contributed by atoms with van der Waals surface area (Å²) < 4.78 is 9.65. The van der Waals surface area contributed by atoms with Crippen molar-refractivity contribution >= 4 is 23.7 Å². The molecule has 7 nitrogen and oxygen atoms in total. The van der Waals surface area contributed by atoms with Gasteiger partial charge in [-0.2, -0.15) is 15.0 Å². The van der Waals surface area contributed by atoms with Crippen molar-refractivity contribution in [1.29, 1.82) is 0 Å². The molecule has 1 rings (SSSR count). The number of nitrogen functional groups attached to an aromatic ring is 1. The summed E-state index contributed by atoms with van der Waals surface area (Å²) in [6, 6.07) is 0.195. The lowest BCUT2D eigenvalue weighted by Gasteiger charge is -2.04. The first kappa shape index (κ1) is 13.5. The van der Waals surface area contributed by atoms with E-state index in [1.807, 2.05) is 6.92 Å². The number of anilines is 1. The molecule has 0 radical (unpaired) electrons. The van der Waals surface area contributed by atoms with E-state index < -0.39 is 0 Å². The summed E-state index contributed by atoms with van der Waals surface area (Å²) in [6.45, 7) is 2.28. The van der Waals surface area contributed by atoms with Gasteiger partial charge in [0.2, 0.25) is 5.95 Å². The number of ether oxygens (including phenoxy) is 2. The first-order valence-electron chi connectivity index (χ1n) is 4.99. The van der Waals surface area contributed by atoms with E-state index in [2.05, 4.69) is 19.7 Å². The number of rotatable bonds is 6. The molecule has 1 aromatic heterocycles. The molecule has 1 aromatic rings. The number of hydrogen-bond donors (Lipinski definition) is 1. The molecule has 2 N–H and O–H groups in total. The minimum Gasteiger partial charge on any atom is -0.469 e. The number of aromatic nitrogens is 3. The molecule has 0 aliphatic rings. The molecule has 0 aromatic carbocycles. The molecular formula is C9H14N4O3S. The highest BCUT2D eigenvalue weighted by Gasteiger charge is 2.07. The minimum absolute atomic E-state index is 0.101. The number of carbonyl (C=O) groups is 1. The molecule has 94 valence electrons. The first-order chi connectivity index (χ1) is 8.15. The van der Waals surface area contributed by atoms with Gasteiger partial charge in [0.15, 0.2) is 5.16 Å². The van der Waals surface area contributed by atoms with Crippen molar-refractivity contribution < 1.29 is 14.3 Å². The maximum absolute atomic E-state index is 10.9. The standard InChI is InChI=1S/C9H14N4O3S/c1-3-16-8-11-7(10)12-9(13-8)17-5-4-6(14)15-2/h3-5H2,1-2H3,(H2,10,11,12,13). The fourth-order valence-electron chi connectivity index (χ4n) is 0.939. The van der Waals surface area contributed by atoms with Gasteiger partial charge in [-0.05, 0) is 6.92 Å². The van der Waals surface area contributed by atoms with Gasteiger partial charge in [0.05, 0.1) is 20.1 Å². The molecule has 0 fully saturated rings. The summed E-state index contributed by atoms with van der Waals surface area (Å²) in [4.78, 5) is 22.7. The van der Waals surface area contributed by atoms with E-state index in [0.717, 1.165) is 0 Å². The molecule has 8 heteroatoms. The van der Waals surface area contributed by atoms with Crippen LogP contribution < -0.4 is 10.5 Å². The van der Waals surface area contributed by atoms with Gasteiger partial charge in [-0.25, -0.2) is 0 Å². The fourth-order valence-corrected chi connectivity index (χ4v) is 1.69. The Morgan fingerprint density at radius 1 is 1.41 bits per heavy atom. The van der Waals surface area contributed by atoms with Crippen LogP contribution in [0.1, 0.15) is 13.3 Å². The molecule has 0 bridgehead atoms. The van der Waals surface area contributed by atoms with Crippen LogP contribution in [-0.4, -0.2) is 40.4 Å². The fraction of sp³-hybridized carbons (Fsp3) is 0.556. The van der Waals surface area contributed by atoms with Crippen molar-refractivity contribution in [3.8, 4) is 6.01 Å². The van der Waals surface area contributed by atoms with Crippen molar-refractivity contribution in [2.75, 3.05) is 25.2 Å². The molecule has 0 aliphatic heterocycles. The highest BCUT2D eigenvalue weighted by molar-refractivity contribution is 7.99. The maximum Gasteiger partial charge on any atom is 0.322 e. The number of nitrogens with two attached hydrogens (primary N) is 1. The average molecular weight is 258 g/mol. The summed E-state index contributed by atoms with van der Waals surface area (Å²) in [5.41, 5.74) is 5.50. The monoisotopic (exact) mass is 258 g/mol. The second-order valence-corrected chi connectivity index (χ2v) is 3.93. The average Bonchev–Trinajstić information content (AvgIpc) is 2.28. The van der Waals surface area contributed by atoms with Crippen molar-refractivity contribution in [3.05, 3.63) is 0 Å². The van der Waals surface area contributed by atoms with Crippen LogP contribution in [0.15, 0.2) is 5.16 Å². The normalized spacial score (nSPS) is 10.0. The van der Waals surface area contributed by atoms with Gasteiger partial charge in [0.25, 0.3) is 0 Å². The van der Waals surface area contributed by atoms with Crippen LogP contribution in [0.5, 0.6) is 6.01 Å². The van der Waals surface area contributed by atoms with Gasteiger partial charge < -0.3 is 15.2 Å². The van der Waals surface area contributed by atoms with E-state index in [9.17, 15) is 4.79 Å². The van der Waals surface area contributed by atoms with E-state index in [-0.39, 0.29) is 24.3 Å². The van der Waals surface area contributed by atoms with Crippen molar-refractivity contribution in [2.45, 2.75) is 18.5 Å². The third-order valence-corrected chi connectivity index (χ3v) is 2.50. The van der Waals surface area contributed by atoms with Crippen molar-refractivity contribution in [2.24, 2.45) is 0 Å². The lowest BCUT2D eigenvalue weighted by Crippen LogP contribution is -2.05. The Balaban J connectivity index is 2.55. The summed E-state index contributed by atoms with van der Waals surface area (Å²) in [5.74, 6) is 0.343.